The molecule has 218 valence electrons. The number of nitrogens with two attached hydrogens (primary N) is 1. The van der Waals surface area contributed by atoms with Crippen LogP contribution in [0.25, 0.3) is 39.6 Å². The Balaban J connectivity index is 1.47. The maximum Gasteiger partial charge on any atom is 0.516 e. The van der Waals surface area contributed by atoms with Gasteiger partial charge in [-0.25, -0.2) is 9.97 Å². The van der Waals surface area contributed by atoms with E-state index < -0.39 is 15.5 Å². The molecule has 0 unspecified atom stereocenters. The third-order valence-corrected chi connectivity index (χ3v) is 9.11. The van der Waals surface area contributed by atoms with Gasteiger partial charge < -0.3 is 11.1 Å². The largest absolute Gasteiger partial charge is 0.516 e. The molecule has 12 heteroatoms. The van der Waals surface area contributed by atoms with Crippen molar-refractivity contribution in [1.82, 2.24) is 14.5 Å². The first-order valence-electron chi connectivity index (χ1n) is 13.6. The Kier molecular flexibility index (Phi) is 6.12. The first-order chi connectivity index (χ1) is 20.5. The second-order valence-electron chi connectivity index (χ2n) is 10.7. The van der Waals surface area contributed by atoms with Gasteiger partial charge in [0.05, 0.1) is 22.8 Å². The predicted molar refractivity (Wildman–Crippen MR) is 159 cm³/mol. The Bertz CT molecular complexity index is 1980. The van der Waals surface area contributed by atoms with E-state index in [0.29, 0.717) is 28.6 Å². The van der Waals surface area contributed by atoms with Gasteiger partial charge in [-0.05, 0) is 61.2 Å². The fourth-order valence-corrected chi connectivity index (χ4v) is 6.19. The number of nitrogens with zero attached hydrogens (tertiary/aromatic N) is 3. The van der Waals surface area contributed by atoms with E-state index in [2.05, 4.69) is 10.3 Å². The Morgan fingerprint density at radius 3 is 2.42 bits per heavy atom. The Morgan fingerprint density at radius 2 is 1.70 bits per heavy atom. The SMILES string of the molecule is NC1(c2ccc(-c3c(-c4cccc(NS(=O)(=O)C(F)(F)F)c4)nc4n3-c3cccnc3Nc3ccccc3-4)cc2)CCC1. The first kappa shape index (κ1) is 27.2. The molecule has 1 aliphatic heterocycles. The highest BCUT2D eigenvalue weighted by atomic mass is 32.2. The van der Waals surface area contributed by atoms with Crippen LogP contribution in [-0.2, 0) is 15.6 Å². The number of imidazole rings is 1. The van der Waals surface area contributed by atoms with Crippen LogP contribution >= 0.6 is 0 Å². The van der Waals surface area contributed by atoms with Crippen molar-refractivity contribution < 1.29 is 21.6 Å². The molecule has 2 aliphatic rings. The lowest BCUT2D eigenvalue weighted by atomic mass is 9.72. The maximum atomic E-state index is 13.2. The number of pyridine rings is 1. The minimum absolute atomic E-state index is 0.237. The quantitative estimate of drug-likeness (QED) is 0.197. The number of nitrogens with one attached hydrogen (secondary N) is 2. The summed E-state index contributed by atoms with van der Waals surface area (Å²) < 4.78 is 66.9. The number of benzene rings is 3. The summed E-state index contributed by atoms with van der Waals surface area (Å²) in [5.74, 6) is 1.18. The second-order valence-corrected chi connectivity index (χ2v) is 12.4. The number of alkyl halides is 3. The molecule has 5 aromatic rings. The molecular weight excluding hydrogens is 577 g/mol. The van der Waals surface area contributed by atoms with Crippen LogP contribution in [0.1, 0.15) is 24.8 Å². The summed E-state index contributed by atoms with van der Waals surface area (Å²) in [7, 11) is -5.62. The van der Waals surface area contributed by atoms with Crippen LogP contribution in [0.2, 0.25) is 0 Å². The van der Waals surface area contributed by atoms with Crippen LogP contribution < -0.4 is 15.8 Å². The minimum Gasteiger partial charge on any atom is -0.338 e. The highest BCUT2D eigenvalue weighted by Crippen LogP contribution is 2.45. The molecule has 0 bridgehead atoms. The van der Waals surface area contributed by atoms with Gasteiger partial charge >= 0.3 is 15.5 Å². The average Bonchev–Trinajstić information content (AvgIpc) is 3.30. The monoisotopic (exact) mass is 602 g/mol. The van der Waals surface area contributed by atoms with Crippen molar-refractivity contribution >= 4 is 27.2 Å². The van der Waals surface area contributed by atoms with Crippen molar-refractivity contribution in [2.24, 2.45) is 5.73 Å². The zero-order chi connectivity index (χ0) is 30.0. The number of sulfonamides is 1. The van der Waals surface area contributed by atoms with E-state index in [1.54, 1.807) is 17.0 Å². The summed E-state index contributed by atoms with van der Waals surface area (Å²) in [4.78, 5) is 9.63. The number of hydrogen-bond donors (Lipinski definition) is 3. The van der Waals surface area contributed by atoms with Gasteiger partial charge in [-0.15, -0.1) is 0 Å². The molecule has 2 aromatic heterocycles. The van der Waals surface area contributed by atoms with Crippen molar-refractivity contribution in [1.29, 1.82) is 0 Å². The van der Waals surface area contributed by atoms with Crippen molar-refractivity contribution in [3.05, 3.63) is 96.7 Å². The van der Waals surface area contributed by atoms with Gasteiger partial charge in [-0.2, -0.15) is 21.6 Å². The standard InChI is InChI=1S/C31H25F3N6O2S/c32-31(33,34)43(41,42)39-22-7-3-6-20(18-22)26-27(19-11-13-21(14-12-19)30(35)15-5-16-30)40-25-10-4-17-36-28(25)37-24-9-2-1-8-23(24)29(40)38-26/h1-4,6-14,17-18,39H,5,15-16,35H2,(H,36,37). The number of rotatable bonds is 5. The van der Waals surface area contributed by atoms with Crippen LogP contribution in [-0.4, -0.2) is 28.5 Å². The van der Waals surface area contributed by atoms with Gasteiger partial charge in [0.25, 0.3) is 0 Å². The van der Waals surface area contributed by atoms with E-state index in [1.807, 2.05) is 65.2 Å². The van der Waals surface area contributed by atoms with E-state index in [0.717, 1.165) is 47.3 Å². The van der Waals surface area contributed by atoms with Crippen molar-refractivity contribution in [2.45, 2.75) is 30.3 Å². The van der Waals surface area contributed by atoms with Gasteiger partial charge in [-0.3, -0.25) is 9.29 Å². The molecule has 1 fully saturated rings. The van der Waals surface area contributed by atoms with Crippen LogP contribution in [0.4, 0.5) is 30.4 Å². The molecule has 0 saturated heterocycles. The van der Waals surface area contributed by atoms with Crippen LogP contribution in [0.15, 0.2) is 91.1 Å². The molecule has 4 N–H and O–H groups in total. The Morgan fingerprint density at radius 1 is 0.930 bits per heavy atom. The van der Waals surface area contributed by atoms with Crippen LogP contribution in [0.3, 0.4) is 0 Å². The number of halogens is 3. The lowest BCUT2D eigenvalue weighted by Gasteiger charge is -2.38. The molecule has 3 heterocycles. The highest BCUT2D eigenvalue weighted by molar-refractivity contribution is 7.93. The Hall–Kier alpha value is -4.68. The van der Waals surface area contributed by atoms with Gasteiger partial charge in [0, 0.05) is 34.1 Å². The third kappa shape index (κ3) is 4.54. The molecule has 8 nitrogen and oxygen atoms in total. The lowest BCUT2D eigenvalue weighted by molar-refractivity contribution is -0.0429. The number of hydrogen-bond acceptors (Lipinski definition) is 6. The summed E-state index contributed by atoms with van der Waals surface area (Å²) >= 11 is 0. The number of para-hydroxylation sites is 1. The van der Waals surface area contributed by atoms with Crippen molar-refractivity contribution in [3.63, 3.8) is 0 Å². The normalized spacial score (nSPS) is 15.3. The molecule has 43 heavy (non-hydrogen) atoms. The lowest BCUT2D eigenvalue weighted by Crippen LogP contribution is -2.43. The fourth-order valence-electron chi connectivity index (χ4n) is 5.64. The second kappa shape index (κ2) is 9.68. The smallest absolute Gasteiger partial charge is 0.338 e. The van der Waals surface area contributed by atoms with E-state index in [1.165, 1.54) is 18.2 Å². The highest BCUT2D eigenvalue weighted by Gasteiger charge is 2.46. The zero-order valence-electron chi connectivity index (χ0n) is 22.6. The predicted octanol–water partition coefficient (Wildman–Crippen LogP) is 6.92. The van der Waals surface area contributed by atoms with Crippen molar-refractivity contribution in [3.8, 4) is 39.6 Å². The van der Waals surface area contributed by atoms with Crippen molar-refractivity contribution in [2.75, 3.05) is 10.0 Å². The van der Waals surface area contributed by atoms with Crippen LogP contribution in [0, 0.1) is 0 Å². The summed E-state index contributed by atoms with van der Waals surface area (Å²) in [5.41, 5.74) is 6.16. The molecule has 1 saturated carbocycles. The molecule has 0 spiro atoms. The average molecular weight is 603 g/mol. The summed E-state index contributed by atoms with van der Waals surface area (Å²) in [5, 5.41) is 3.40. The van der Waals surface area contributed by atoms with Gasteiger partial charge in [-0.1, -0.05) is 48.5 Å². The molecular formula is C31H25F3N6O2S. The molecule has 1 aliphatic carbocycles. The van der Waals surface area contributed by atoms with Gasteiger partial charge in [0.2, 0.25) is 0 Å². The van der Waals surface area contributed by atoms with Gasteiger partial charge in [0.1, 0.15) is 5.82 Å². The number of aromatic nitrogens is 3. The molecule has 3 aromatic carbocycles. The number of anilines is 3. The molecule has 7 rings (SSSR count). The van der Waals surface area contributed by atoms with Crippen LogP contribution in [0.5, 0.6) is 0 Å². The molecule has 0 radical (unpaired) electrons. The molecule has 0 atom stereocenters. The molecule has 0 amide bonds. The van der Waals surface area contributed by atoms with E-state index >= 15 is 0 Å². The fraction of sp³-hybridized carbons (Fsp3) is 0.161. The third-order valence-electron chi connectivity index (χ3n) is 8.00. The maximum absolute atomic E-state index is 13.2. The van der Waals surface area contributed by atoms with E-state index in [9.17, 15) is 21.6 Å². The summed E-state index contributed by atoms with van der Waals surface area (Å²) in [6.45, 7) is 0. The van der Waals surface area contributed by atoms with E-state index in [4.69, 9.17) is 10.7 Å². The first-order valence-corrected chi connectivity index (χ1v) is 15.1. The minimum atomic E-state index is -5.62. The van der Waals surface area contributed by atoms with Gasteiger partial charge in [0.15, 0.2) is 5.82 Å². The number of fused-ring (bicyclic) bond motifs is 5. The summed E-state index contributed by atoms with van der Waals surface area (Å²) in [6.07, 6.45) is 4.56. The summed E-state index contributed by atoms with van der Waals surface area (Å²) in [6, 6.07) is 25.1. The van der Waals surface area contributed by atoms with E-state index in [-0.39, 0.29) is 11.2 Å². The Labute approximate surface area is 245 Å². The topological polar surface area (TPSA) is 115 Å². The zero-order valence-corrected chi connectivity index (χ0v) is 23.4.